The highest BCUT2D eigenvalue weighted by atomic mass is 32.2. The fraction of sp³-hybridized carbons (Fsp3) is 0.100. The number of anilines is 1. The fourth-order valence-corrected chi connectivity index (χ4v) is 3.15. The van der Waals surface area contributed by atoms with Gasteiger partial charge in [0, 0.05) is 12.1 Å². The monoisotopic (exact) mass is 308 g/mol. The van der Waals surface area contributed by atoms with Gasteiger partial charge in [0.15, 0.2) is 4.34 Å². The lowest BCUT2D eigenvalue weighted by Crippen LogP contribution is -1.86. The van der Waals surface area contributed by atoms with Crippen molar-refractivity contribution in [2.75, 3.05) is 5.73 Å². The van der Waals surface area contributed by atoms with E-state index in [1.807, 2.05) is 0 Å². The van der Waals surface area contributed by atoms with Gasteiger partial charge in [0.2, 0.25) is 5.13 Å². The number of nitrogens with two attached hydrogens (primary N) is 1. The summed E-state index contributed by atoms with van der Waals surface area (Å²) >= 11 is 2.77. The molecule has 102 valence electrons. The van der Waals surface area contributed by atoms with Crippen LogP contribution in [0.15, 0.2) is 22.5 Å². The van der Waals surface area contributed by atoms with Crippen LogP contribution < -0.4 is 5.73 Å². The molecule has 0 aliphatic rings. The van der Waals surface area contributed by atoms with Crippen molar-refractivity contribution in [3.63, 3.8) is 0 Å². The first-order chi connectivity index (χ1) is 9.61. The Balaban J connectivity index is 1.80. The summed E-state index contributed by atoms with van der Waals surface area (Å²) in [4.78, 5) is 17.7. The first kappa shape index (κ1) is 12.8. The first-order valence-corrected chi connectivity index (χ1v) is 7.27. The summed E-state index contributed by atoms with van der Waals surface area (Å²) in [7, 11) is 0. The van der Waals surface area contributed by atoms with Crippen molar-refractivity contribution in [3.8, 4) is 0 Å². The van der Waals surface area contributed by atoms with E-state index in [2.05, 4.69) is 20.2 Å². The van der Waals surface area contributed by atoms with E-state index in [0.29, 0.717) is 21.9 Å². The Bertz CT molecular complexity index is 783. The van der Waals surface area contributed by atoms with Gasteiger partial charge in [-0.05, 0) is 6.07 Å². The minimum absolute atomic E-state index is 0.0391. The first-order valence-electron chi connectivity index (χ1n) is 5.46. The molecule has 3 aromatic rings. The second kappa shape index (κ2) is 5.06. The SMILES string of the molecule is Nc1nnc(SCc2nc3ccc([N+](=O)[O-])cc3[nH]2)s1. The van der Waals surface area contributed by atoms with Gasteiger partial charge in [-0.1, -0.05) is 23.1 Å². The zero-order chi connectivity index (χ0) is 14.1. The van der Waals surface area contributed by atoms with Gasteiger partial charge in [0.25, 0.3) is 5.69 Å². The number of aromatic nitrogens is 4. The smallest absolute Gasteiger partial charge is 0.271 e. The lowest BCUT2D eigenvalue weighted by molar-refractivity contribution is -0.384. The molecular weight excluding hydrogens is 300 g/mol. The van der Waals surface area contributed by atoms with E-state index in [-0.39, 0.29) is 5.69 Å². The van der Waals surface area contributed by atoms with Crippen LogP contribution in [0.2, 0.25) is 0 Å². The van der Waals surface area contributed by atoms with Crippen molar-refractivity contribution in [1.29, 1.82) is 0 Å². The average molecular weight is 308 g/mol. The third-order valence-electron chi connectivity index (χ3n) is 2.48. The molecule has 0 aliphatic heterocycles. The normalized spacial score (nSPS) is 11.0. The van der Waals surface area contributed by atoms with Crippen molar-refractivity contribution < 1.29 is 4.92 Å². The van der Waals surface area contributed by atoms with Crippen LogP contribution in [0.5, 0.6) is 0 Å². The Morgan fingerprint density at radius 2 is 2.30 bits per heavy atom. The van der Waals surface area contributed by atoms with Crippen molar-refractivity contribution in [2.45, 2.75) is 10.1 Å². The minimum Gasteiger partial charge on any atom is -0.374 e. The van der Waals surface area contributed by atoms with Crippen LogP contribution in [-0.2, 0) is 5.75 Å². The average Bonchev–Trinajstić information content (AvgIpc) is 3.00. The summed E-state index contributed by atoms with van der Waals surface area (Å²) in [5.41, 5.74) is 6.88. The van der Waals surface area contributed by atoms with Crippen LogP contribution in [0.25, 0.3) is 11.0 Å². The molecule has 0 amide bonds. The standard InChI is InChI=1S/C10H8N6O2S2/c11-9-14-15-10(20-9)19-4-8-12-6-2-1-5(16(17)18)3-7(6)13-8/h1-3H,4H2,(H2,11,14)(H,12,13). The lowest BCUT2D eigenvalue weighted by Gasteiger charge is -1.91. The quantitative estimate of drug-likeness (QED) is 0.430. The molecule has 2 heterocycles. The molecule has 10 heteroatoms. The molecule has 0 saturated heterocycles. The molecule has 1 aromatic carbocycles. The molecule has 8 nitrogen and oxygen atoms in total. The van der Waals surface area contributed by atoms with Crippen molar-refractivity contribution in [3.05, 3.63) is 34.1 Å². The molecule has 20 heavy (non-hydrogen) atoms. The van der Waals surface area contributed by atoms with Crippen molar-refractivity contribution in [2.24, 2.45) is 0 Å². The highest BCUT2D eigenvalue weighted by Gasteiger charge is 2.10. The molecule has 0 fully saturated rings. The zero-order valence-corrected chi connectivity index (χ0v) is 11.6. The number of benzene rings is 1. The van der Waals surface area contributed by atoms with E-state index in [1.54, 1.807) is 6.07 Å². The van der Waals surface area contributed by atoms with Gasteiger partial charge in [-0.2, -0.15) is 0 Å². The maximum Gasteiger partial charge on any atom is 0.271 e. The number of hydrogen-bond donors (Lipinski definition) is 2. The van der Waals surface area contributed by atoms with Crippen LogP contribution in [0.3, 0.4) is 0 Å². The number of aromatic amines is 1. The number of thioether (sulfide) groups is 1. The highest BCUT2D eigenvalue weighted by Crippen LogP contribution is 2.27. The molecule has 0 spiro atoms. The number of nitro benzene ring substituents is 1. The van der Waals surface area contributed by atoms with E-state index >= 15 is 0 Å². The minimum atomic E-state index is -0.432. The number of H-pyrrole nitrogens is 1. The molecule has 0 bridgehead atoms. The number of imidazole rings is 1. The van der Waals surface area contributed by atoms with Crippen LogP contribution in [0, 0.1) is 10.1 Å². The Morgan fingerprint density at radius 1 is 1.45 bits per heavy atom. The van der Waals surface area contributed by atoms with Crippen LogP contribution in [0.1, 0.15) is 5.82 Å². The second-order valence-electron chi connectivity index (χ2n) is 3.84. The van der Waals surface area contributed by atoms with Gasteiger partial charge in [-0.25, -0.2) is 4.98 Å². The molecule has 0 radical (unpaired) electrons. The van der Waals surface area contributed by atoms with E-state index in [0.717, 1.165) is 10.2 Å². The number of non-ortho nitro benzene ring substituents is 1. The number of rotatable bonds is 4. The van der Waals surface area contributed by atoms with Crippen LogP contribution >= 0.6 is 23.1 Å². The summed E-state index contributed by atoms with van der Waals surface area (Å²) in [5.74, 6) is 1.29. The van der Waals surface area contributed by atoms with Crippen LogP contribution in [0.4, 0.5) is 10.8 Å². The Kier molecular flexibility index (Phi) is 3.24. The molecular formula is C10H8N6O2S2. The number of nitro groups is 1. The summed E-state index contributed by atoms with van der Waals surface area (Å²) in [6.45, 7) is 0. The highest BCUT2D eigenvalue weighted by molar-refractivity contribution is 8.00. The topological polar surface area (TPSA) is 124 Å². The Labute approximate surface area is 120 Å². The van der Waals surface area contributed by atoms with Gasteiger partial charge in [0.05, 0.1) is 21.7 Å². The number of fused-ring (bicyclic) bond motifs is 1. The maximum atomic E-state index is 10.7. The molecule has 3 rings (SSSR count). The summed E-state index contributed by atoms with van der Waals surface area (Å²) in [6.07, 6.45) is 0. The molecule has 2 aromatic heterocycles. The molecule has 3 N–H and O–H groups in total. The maximum absolute atomic E-state index is 10.7. The van der Waals surface area contributed by atoms with E-state index in [1.165, 1.54) is 35.2 Å². The molecule has 0 saturated carbocycles. The largest absolute Gasteiger partial charge is 0.374 e. The zero-order valence-electron chi connectivity index (χ0n) is 9.94. The predicted octanol–water partition coefficient (Wildman–Crippen LogP) is 2.20. The van der Waals surface area contributed by atoms with Gasteiger partial charge in [0.1, 0.15) is 5.82 Å². The van der Waals surface area contributed by atoms with Gasteiger partial charge < -0.3 is 10.7 Å². The van der Waals surface area contributed by atoms with Crippen molar-refractivity contribution >= 4 is 45.0 Å². The predicted molar refractivity (Wildman–Crippen MR) is 76.6 cm³/mol. The Morgan fingerprint density at radius 3 is 3.00 bits per heavy atom. The fourth-order valence-electron chi connectivity index (χ4n) is 1.64. The number of hydrogen-bond acceptors (Lipinski definition) is 8. The molecule has 0 atom stereocenters. The van der Waals surface area contributed by atoms with Gasteiger partial charge in [-0.15, -0.1) is 10.2 Å². The summed E-state index contributed by atoms with van der Waals surface area (Å²) < 4.78 is 0.758. The van der Waals surface area contributed by atoms with E-state index < -0.39 is 4.92 Å². The number of nitrogen functional groups attached to an aromatic ring is 1. The van der Waals surface area contributed by atoms with Crippen LogP contribution in [-0.4, -0.2) is 25.1 Å². The third kappa shape index (κ3) is 2.56. The van der Waals surface area contributed by atoms with Gasteiger partial charge in [-0.3, -0.25) is 10.1 Å². The second-order valence-corrected chi connectivity index (χ2v) is 6.07. The Hall–Kier alpha value is -2.20. The number of nitrogens with one attached hydrogen (secondary N) is 1. The van der Waals surface area contributed by atoms with Gasteiger partial charge >= 0.3 is 0 Å². The van der Waals surface area contributed by atoms with E-state index in [9.17, 15) is 10.1 Å². The molecule has 0 unspecified atom stereocenters. The number of nitrogens with zero attached hydrogens (tertiary/aromatic N) is 4. The molecule has 0 aliphatic carbocycles. The van der Waals surface area contributed by atoms with E-state index in [4.69, 9.17) is 5.73 Å². The summed E-state index contributed by atoms with van der Waals surface area (Å²) in [5, 5.41) is 18.7. The lowest BCUT2D eigenvalue weighted by atomic mass is 10.3. The summed E-state index contributed by atoms with van der Waals surface area (Å²) in [6, 6.07) is 4.53. The third-order valence-corrected chi connectivity index (χ3v) is 4.38. The van der Waals surface area contributed by atoms with Crippen molar-refractivity contribution in [1.82, 2.24) is 20.2 Å².